The molecule has 0 fully saturated rings. The largest absolute Gasteiger partial charge is 0.271 e. The maximum absolute atomic E-state index is 5.96. The third-order valence-corrected chi connectivity index (χ3v) is 4.74. The fourth-order valence-electron chi connectivity index (χ4n) is 3.40. The maximum atomic E-state index is 5.96. The minimum Gasteiger partial charge on any atom is -0.271 e. The van der Waals surface area contributed by atoms with Crippen LogP contribution in [0.3, 0.4) is 0 Å². The predicted octanol–water partition coefficient (Wildman–Crippen LogP) is 3.83. The van der Waals surface area contributed by atoms with E-state index in [0.29, 0.717) is 5.92 Å². The second-order valence-electron chi connectivity index (χ2n) is 5.80. The van der Waals surface area contributed by atoms with Crippen LogP contribution in [0.5, 0.6) is 0 Å². The van der Waals surface area contributed by atoms with Crippen molar-refractivity contribution in [2.75, 3.05) is 0 Å². The fraction of sp³-hybridized carbons (Fsp3) is 0.333. The Morgan fingerprint density at radius 2 is 1.90 bits per heavy atom. The molecular weight excluding hydrogens is 280 g/mol. The van der Waals surface area contributed by atoms with Gasteiger partial charge < -0.3 is 0 Å². The van der Waals surface area contributed by atoms with Crippen molar-refractivity contribution in [1.29, 1.82) is 0 Å². The van der Waals surface area contributed by atoms with E-state index in [1.165, 1.54) is 36.0 Å². The van der Waals surface area contributed by atoms with Crippen LogP contribution in [0.4, 0.5) is 0 Å². The second-order valence-corrected chi connectivity index (χ2v) is 6.24. The van der Waals surface area contributed by atoms with E-state index in [0.717, 1.165) is 11.4 Å². The first-order valence-electron chi connectivity index (χ1n) is 7.56. The number of fused-ring (bicyclic) bond motifs is 1. The molecule has 1 aliphatic carbocycles. The maximum Gasteiger partial charge on any atom is 0.0406 e. The summed E-state index contributed by atoms with van der Waals surface area (Å²) in [6.45, 7) is 0. The van der Waals surface area contributed by atoms with E-state index in [-0.39, 0.29) is 6.04 Å². The number of nitrogens with one attached hydrogen (secondary N) is 1. The summed E-state index contributed by atoms with van der Waals surface area (Å²) in [5, 5.41) is 0.777. The molecule has 2 atom stereocenters. The molecule has 21 heavy (non-hydrogen) atoms. The summed E-state index contributed by atoms with van der Waals surface area (Å²) in [5.41, 5.74) is 7.25. The van der Waals surface area contributed by atoms with Gasteiger partial charge in [0, 0.05) is 17.0 Å². The van der Waals surface area contributed by atoms with Crippen LogP contribution in [0, 0.1) is 0 Å². The average molecular weight is 301 g/mol. The van der Waals surface area contributed by atoms with Gasteiger partial charge >= 0.3 is 0 Å². The van der Waals surface area contributed by atoms with Gasteiger partial charge in [-0.1, -0.05) is 48.0 Å². The van der Waals surface area contributed by atoms with Crippen molar-refractivity contribution in [2.24, 2.45) is 5.84 Å². The highest BCUT2D eigenvalue weighted by atomic mass is 35.5. The predicted molar refractivity (Wildman–Crippen MR) is 88.4 cm³/mol. The molecule has 0 aromatic heterocycles. The lowest BCUT2D eigenvalue weighted by Gasteiger charge is -2.32. The van der Waals surface area contributed by atoms with Gasteiger partial charge in [0.05, 0.1) is 0 Å². The quantitative estimate of drug-likeness (QED) is 0.665. The van der Waals surface area contributed by atoms with Gasteiger partial charge in [0.25, 0.3) is 0 Å². The monoisotopic (exact) mass is 300 g/mol. The molecule has 0 amide bonds. The Bertz CT molecular complexity index is 594. The van der Waals surface area contributed by atoms with Crippen LogP contribution in [-0.4, -0.2) is 6.04 Å². The lowest BCUT2D eigenvalue weighted by atomic mass is 9.77. The minimum absolute atomic E-state index is 0.257. The summed E-state index contributed by atoms with van der Waals surface area (Å²) in [5.74, 6) is 6.34. The Kier molecular flexibility index (Phi) is 4.59. The van der Waals surface area contributed by atoms with Gasteiger partial charge in [0.1, 0.15) is 0 Å². The molecule has 110 valence electrons. The van der Waals surface area contributed by atoms with Crippen LogP contribution in [0.1, 0.15) is 35.4 Å². The van der Waals surface area contributed by atoms with Crippen molar-refractivity contribution in [1.82, 2.24) is 5.43 Å². The zero-order valence-corrected chi connectivity index (χ0v) is 12.8. The summed E-state index contributed by atoms with van der Waals surface area (Å²) in [4.78, 5) is 0. The lowest BCUT2D eigenvalue weighted by molar-refractivity contribution is 0.395. The summed E-state index contributed by atoms with van der Waals surface area (Å²) < 4.78 is 0. The molecule has 2 aromatic rings. The van der Waals surface area contributed by atoms with Crippen LogP contribution < -0.4 is 11.3 Å². The number of halogens is 1. The first-order chi connectivity index (χ1) is 10.3. The molecule has 2 aromatic carbocycles. The summed E-state index contributed by atoms with van der Waals surface area (Å²) in [7, 11) is 0. The van der Waals surface area contributed by atoms with Gasteiger partial charge in [-0.3, -0.25) is 11.3 Å². The second kappa shape index (κ2) is 6.61. The normalized spacial score (nSPS) is 19.0. The number of rotatable bonds is 4. The molecule has 3 rings (SSSR count). The first-order valence-corrected chi connectivity index (χ1v) is 7.94. The number of benzene rings is 2. The zero-order chi connectivity index (χ0) is 14.7. The molecular formula is C18H21ClN2. The number of hydrogen-bond acceptors (Lipinski definition) is 2. The minimum atomic E-state index is 0.257. The van der Waals surface area contributed by atoms with E-state index in [9.17, 15) is 0 Å². The Morgan fingerprint density at radius 3 is 2.67 bits per heavy atom. The summed E-state index contributed by atoms with van der Waals surface area (Å²) in [6, 6.07) is 17.1. The number of aryl methyl sites for hydroxylation is 1. The highest BCUT2D eigenvalue weighted by Crippen LogP contribution is 2.34. The molecule has 0 saturated carbocycles. The van der Waals surface area contributed by atoms with Gasteiger partial charge in [0.2, 0.25) is 0 Å². The third-order valence-electron chi connectivity index (χ3n) is 4.48. The van der Waals surface area contributed by atoms with Crippen LogP contribution >= 0.6 is 11.6 Å². The summed E-state index contributed by atoms with van der Waals surface area (Å²) >= 11 is 5.96. The van der Waals surface area contributed by atoms with Gasteiger partial charge in [-0.2, -0.15) is 0 Å². The smallest absolute Gasteiger partial charge is 0.0406 e. The van der Waals surface area contributed by atoms with E-state index in [1.807, 2.05) is 12.1 Å². The molecule has 2 unspecified atom stereocenters. The Labute approximate surface area is 131 Å². The van der Waals surface area contributed by atoms with Crippen molar-refractivity contribution >= 4 is 11.6 Å². The number of hydrogen-bond donors (Lipinski definition) is 2. The standard InChI is InChI=1S/C18H21ClN2/c19-15-10-8-13(9-11-15)12-18(21-20)17-7-3-5-14-4-1-2-6-16(14)17/h1-2,4,6,8-11,17-18,21H,3,5,7,12,20H2. The molecule has 0 aliphatic heterocycles. The Morgan fingerprint density at radius 1 is 1.14 bits per heavy atom. The van der Waals surface area contributed by atoms with Gasteiger partial charge in [-0.25, -0.2) is 0 Å². The van der Waals surface area contributed by atoms with Gasteiger partial charge in [-0.15, -0.1) is 0 Å². The fourth-order valence-corrected chi connectivity index (χ4v) is 3.53. The Hall–Kier alpha value is -1.35. The summed E-state index contributed by atoms with van der Waals surface area (Å²) in [6.07, 6.45) is 4.54. The van der Waals surface area contributed by atoms with Crippen molar-refractivity contribution in [3.63, 3.8) is 0 Å². The van der Waals surface area contributed by atoms with E-state index in [2.05, 4.69) is 41.8 Å². The molecule has 1 aliphatic rings. The first kappa shape index (κ1) is 14.6. The van der Waals surface area contributed by atoms with Crippen molar-refractivity contribution in [2.45, 2.75) is 37.6 Å². The Balaban J connectivity index is 1.82. The molecule has 0 radical (unpaired) electrons. The third kappa shape index (κ3) is 3.29. The van der Waals surface area contributed by atoms with Gasteiger partial charge in [0.15, 0.2) is 0 Å². The van der Waals surface area contributed by atoms with Crippen molar-refractivity contribution < 1.29 is 0 Å². The van der Waals surface area contributed by atoms with Crippen LogP contribution in [-0.2, 0) is 12.8 Å². The highest BCUT2D eigenvalue weighted by molar-refractivity contribution is 6.30. The molecule has 3 N–H and O–H groups in total. The molecule has 0 spiro atoms. The molecule has 2 nitrogen and oxygen atoms in total. The van der Waals surface area contributed by atoms with E-state index in [1.54, 1.807) is 0 Å². The van der Waals surface area contributed by atoms with Crippen molar-refractivity contribution in [3.05, 3.63) is 70.2 Å². The van der Waals surface area contributed by atoms with E-state index >= 15 is 0 Å². The number of hydrazine groups is 1. The SMILES string of the molecule is NNC(Cc1ccc(Cl)cc1)C1CCCc2ccccc21. The van der Waals surface area contributed by atoms with Crippen LogP contribution in [0.2, 0.25) is 5.02 Å². The average Bonchev–Trinajstić information content (AvgIpc) is 2.54. The van der Waals surface area contributed by atoms with E-state index in [4.69, 9.17) is 17.4 Å². The van der Waals surface area contributed by atoms with Crippen molar-refractivity contribution in [3.8, 4) is 0 Å². The topological polar surface area (TPSA) is 38.0 Å². The highest BCUT2D eigenvalue weighted by Gasteiger charge is 2.27. The molecule has 0 saturated heterocycles. The zero-order valence-electron chi connectivity index (χ0n) is 12.1. The molecule has 0 heterocycles. The lowest BCUT2D eigenvalue weighted by Crippen LogP contribution is -2.42. The molecule has 0 bridgehead atoms. The van der Waals surface area contributed by atoms with Gasteiger partial charge in [-0.05, 0) is 54.5 Å². The molecule has 3 heteroatoms. The van der Waals surface area contributed by atoms with Crippen LogP contribution in [0.25, 0.3) is 0 Å². The number of nitrogens with two attached hydrogens (primary N) is 1. The van der Waals surface area contributed by atoms with E-state index < -0.39 is 0 Å². The van der Waals surface area contributed by atoms with Crippen LogP contribution in [0.15, 0.2) is 48.5 Å².